The first-order chi connectivity index (χ1) is 9.15. The maximum atomic E-state index is 11.8. The number of fused-ring (bicyclic) bond motifs is 1. The van der Waals surface area contributed by atoms with Gasteiger partial charge in [-0.2, -0.15) is 0 Å². The van der Waals surface area contributed by atoms with Crippen molar-refractivity contribution in [1.82, 2.24) is 4.98 Å². The van der Waals surface area contributed by atoms with Crippen LogP contribution in [0.1, 0.15) is 0 Å². The number of aromatic nitrogens is 1. The average molecular weight is 274 g/mol. The molecule has 2 heterocycles. The van der Waals surface area contributed by atoms with E-state index in [0.29, 0.717) is 4.88 Å². The van der Waals surface area contributed by atoms with Gasteiger partial charge in [0.15, 0.2) is 0 Å². The van der Waals surface area contributed by atoms with E-state index in [1.165, 1.54) is 29.5 Å². The van der Waals surface area contributed by atoms with Gasteiger partial charge in [-0.1, -0.05) is 6.07 Å². The Morgan fingerprint density at radius 2 is 2.16 bits per heavy atom. The molecule has 2 aromatic heterocycles. The zero-order valence-corrected chi connectivity index (χ0v) is 10.2. The van der Waals surface area contributed by atoms with Gasteiger partial charge < -0.3 is 4.42 Å². The maximum Gasteiger partial charge on any atom is 0.347 e. The Balaban J connectivity index is 2.29. The van der Waals surface area contributed by atoms with Crippen LogP contribution in [0.4, 0.5) is 5.69 Å². The number of hydrogen-bond acceptors (Lipinski definition) is 6. The molecule has 0 bridgehead atoms. The third-order valence-electron chi connectivity index (χ3n) is 2.56. The smallest absolute Gasteiger partial charge is 0.347 e. The van der Waals surface area contributed by atoms with E-state index >= 15 is 0 Å². The first-order valence-electron chi connectivity index (χ1n) is 5.28. The van der Waals surface area contributed by atoms with Crippen molar-refractivity contribution in [3.05, 3.63) is 56.2 Å². The van der Waals surface area contributed by atoms with Crippen LogP contribution in [0.25, 0.3) is 21.7 Å². The number of non-ortho nitro benzene ring substituents is 1. The van der Waals surface area contributed by atoms with Crippen molar-refractivity contribution in [3.63, 3.8) is 0 Å². The molecule has 0 unspecified atom stereocenters. The fourth-order valence-corrected chi connectivity index (χ4v) is 2.33. The molecule has 1 aromatic carbocycles. The predicted molar refractivity (Wildman–Crippen MR) is 70.2 cm³/mol. The molecule has 94 valence electrons. The molecular formula is C12H6N2O4S. The number of benzene rings is 1. The van der Waals surface area contributed by atoms with E-state index < -0.39 is 10.5 Å². The number of thiophene rings is 1. The molecule has 3 aromatic rings. The molecule has 6 nitrogen and oxygen atoms in total. The van der Waals surface area contributed by atoms with Gasteiger partial charge in [0.1, 0.15) is 0 Å². The van der Waals surface area contributed by atoms with Gasteiger partial charge in [-0.3, -0.25) is 10.1 Å². The topological polar surface area (TPSA) is 86.2 Å². The molecular weight excluding hydrogens is 268 g/mol. The van der Waals surface area contributed by atoms with Crippen LogP contribution in [-0.2, 0) is 0 Å². The Morgan fingerprint density at radius 1 is 1.32 bits per heavy atom. The van der Waals surface area contributed by atoms with Crippen LogP contribution in [0.2, 0.25) is 0 Å². The molecule has 0 amide bonds. The van der Waals surface area contributed by atoms with Gasteiger partial charge in [0.05, 0.1) is 20.7 Å². The lowest BCUT2D eigenvalue weighted by molar-refractivity contribution is -0.384. The zero-order valence-electron chi connectivity index (χ0n) is 9.40. The summed E-state index contributed by atoms with van der Waals surface area (Å²) in [6.07, 6.45) is 0. The number of nitro groups is 1. The SMILES string of the molecule is O=c1oc(-c2cccs2)nc2cc([N+](=O)[O-])ccc12. The van der Waals surface area contributed by atoms with Crippen LogP contribution in [0, 0.1) is 10.1 Å². The lowest BCUT2D eigenvalue weighted by Gasteiger charge is -1.99. The Kier molecular flexibility index (Phi) is 2.60. The highest BCUT2D eigenvalue weighted by atomic mass is 32.1. The second-order valence-electron chi connectivity index (χ2n) is 3.74. The van der Waals surface area contributed by atoms with Crippen LogP contribution in [0.15, 0.2) is 44.9 Å². The summed E-state index contributed by atoms with van der Waals surface area (Å²) in [5.41, 5.74) is -0.403. The molecule has 0 fully saturated rings. The fourth-order valence-electron chi connectivity index (χ4n) is 1.68. The van der Waals surface area contributed by atoms with Crippen LogP contribution in [0.5, 0.6) is 0 Å². The number of rotatable bonds is 2. The summed E-state index contributed by atoms with van der Waals surface area (Å²) in [4.78, 5) is 26.9. The van der Waals surface area contributed by atoms with Gasteiger partial charge in [0.25, 0.3) is 5.69 Å². The Bertz CT molecular complexity index is 823. The van der Waals surface area contributed by atoms with Crippen molar-refractivity contribution in [2.45, 2.75) is 0 Å². The average Bonchev–Trinajstić information content (AvgIpc) is 2.91. The van der Waals surface area contributed by atoms with Gasteiger partial charge in [-0.05, 0) is 17.5 Å². The van der Waals surface area contributed by atoms with Crippen LogP contribution < -0.4 is 5.63 Å². The minimum Gasteiger partial charge on any atom is -0.402 e. The van der Waals surface area contributed by atoms with Crippen molar-refractivity contribution in [2.24, 2.45) is 0 Å². The molecule has 0 atom stereocenters. The van der Waals surface area contributed by atoms with E-state index in [4.69, 9.17) is 4.42 Å². The summed E-state index contributed by atoms with van der Waals surface area (Å²) >= 11 is 1.37. The van der Waals surface area contributed by atoms with E-state index in [1.54, 1.807) is 12.1 Å². The van der Waals surface area contributed by atoms with Crippen molar-refractivity contribution in [1.29, 1.82) is 0 Å². The summed E-state index contributed by atoms with van der Waals surface area (Å²) in [5.74, 6) is 0.174. The molecule has 0 N–H and O–H groups in total. The number of nitro benzene ring substituents is 1. The normalized spacial score (nSPS) is 10.7. The quantitative estimate of drug-likeness (QED) is 0.529. The highest BCUT2D eigenvalue weighted by molar-refractivity contribution is 7.13. The highest BCUT2D eigenvalue weighted by Crippen LogP contribution is 2.24. The second kappa shape index (κ2) is 4.29. The van der Waals surface area contributed by atoms with Crippen molar-refractivity contribution in [3.8, 4) is 10.8 Å². The first kappa shape index (κ1) is 11.5. The van der Waals surface area contributed by atoms with E-state index in [0.717, 1.165) is 0 Å². The summed E-state index contributed by atoms with van der Waals surface area (Å²) in [6.45, 7) is 0. The molecule has 0 aliphatic heterocycles. The van der Waals surface area contributed by atoms with Gasteiger partial charge in [-0.25, -0.2) is 9.78 Å². The van der Waals surface area contributed by atoms with Crippen LogP contribution in [0.3, 0.4) is 0 Å². The minimum absolute atomic E-state index is 0.109. The van der Waals surface area contributed by atoms with Crippen molar-refractivity contribution >= 4 is 27.9 Å². The van der Waals surface area contributed by atoms with Gasteiger partial charge >= 0.3 is 5.63 Å². The molecule has 0 aliphatic carbocycles. The monoisotopic (exact) mass is 274 g/mol. The molecule has 7 heteroatoms. The van der Waals surface area contributed by atoms with E-state index in [1.807, 2.05) is 5.38 Å². The first-order valence-corrected chi connectivity index (χ1v) is 6.16. The van der Waals surface area contributed by atoms with Crippen LogP contribution in [-0.4, -0.2) is 9.91 Å². The van der Waals surface area contributed by atoms with Crippen molar-refractivity contribution < 1.29 is 9.34 Å². The van der Waals surface area contributed by atoms with Gasteiger partial charge in [0, 0.05) is 12.1 Å². The van der Waals surface area contributed by atoms with Crippen molar-refractivity contribution in [2.75, 3.05) is 0 Å². The zero-order chi connectivity index (χ0) is 13.4. The summed E-state index contributed by atoms with van der Waals surface area (Å²) in [6, 6.07) is 7.44. The third-order valence-corrected chi connectivity index (χ3v) is 3.41. The van der Waals surface area contributed by atoms with Gasteiger partial charge in [-0.15, -0.1) is 11.3 Å². The molecule has 0 aliphatic rings. The Labute approximate surface area is 110 Å². The van der Waals surface area contributed by atoms with E-state index in [9.17, 15) is 14.9 Å². The molecule has 0 radical (unpaired) electrons. The molecule has 19 heavy (non-hydrogen) atoms. The summed E-state index contributed by atoms with van der Waals surface area (Å²) < 4.78 is 5.11. The maximum absolute atomic E-state index is 11.8. The Morgan fingerprint density at radius 3 is 2.84 bits per heavy atom. The third kappa shape index (κ3) is 2.00. The molecule has 0 spiro atoms. The second-order valence-corrected chi connectivity index (χ2v) is 4.69. The molecule has 0 saturated carbocycles. The largest absolute Gasteiger partial charge is 0.402 e. The summed E-state index contributed by atoms with van der Waals surface area (Å²) in [5, 5.41) is 12.8. The number of hydrogen-bond donors (Lipinski definition) is 0. The Hall–Kier alpha value is -2.54. The lowest BCUT2D eigenvalue weighted by atomic mass is 10.2. The number of nitrogens with zero attached hydrogens (tertiary/aromatic N) is 2. The van der Waals surface area contributed by atoms with Crippen LogP contribution >= 0.6 is 11.3 Å². The van der Waals surface area contributed by atoms with Gasteiger partial charge in [0.2, 0.25) is 5.89 Å². The molecule has 3 rings (SSSR count). The fraction of sp³-hybridized carbons (Fsp3) is 0. The summed E-state index contributed by atoms with van der Waals surface area (Å²) in [7, 11) is 0. The standard InChI is InChI=1S/C12H6N2O4S/c15-12-8-4-3-7(14(16)17)6-9(8)13-11(18-12)10-2-1-5-19-10/h1-6H. The van der Waals surface area contributed by atoms with E-state index in [2.05, 4.69) is 4.98 Å². The highest BCUT2D eigenvalue weighted by Gasteiger charge is 2.13. The predicted octanol–water partition coefficient (Wildman–Crippen LogP) is 2.82. The lowest BCUT2D eigenvalue weighted by Crippen LogP contribution is -2.03. The van der Waals surface area contributed by atoms with E-state index in [-0.39, 0.29) is 22.5 Å². The minimum atomic E-state index is -0.553. The molecule has 0 saturated heterocycles.